The van der Waals surface area contributed by atoms with Crippen molar-refractivity contribution in [1.29, 1.82) is 0 Å². The Balaban J connectivity index is 1.70. The first-order valence-corrected chi connectivity index (χ1v) is 7.16. The second-order valence-corrected chi connectivity index (χ2v) is 5.07. The minimum absolute atomic E-state index is 0.615. The van der Waals surface area contributed by atoms with Crippen molar-refractivity contribution in [3.05, 3.63) is 52.6 Å². The van der Waals surface area contributed by atoms with Crippen LogP contribution in [0.1, 0.15) is 5.56 Å². The van der Waals surface area contributed by atoms with Gasteiger partial charge in [-0.3, -0.25) is 0 Å². The second kappa shape index (κ2) is 7.87. The fourth-order valence-electron chi connectivity index (χ4n) is 1.74. The first-order chi connectivity index (χ1) is 9.79. The van der Waals surface area contributed by atoms with E-state index in [-0.39, 0.29) is 0 Å². The molecule has 0 amide bonds. The van der Waals surface area contributed by atoms with Gasteiger partial charge in [-0.2, -0.15) is 0 Å². The number of benzene rings is 1. The zero-order chi connectivity index (χ0) is 14.2. The first kappa shape index (κ1) is 14.8. The predicted octanol–water partition coefficient (Wildman–Crippen LogP) is 3.02. The molecule has 0 unspecified atom stereocenters. The maximum atomic E-state index is 5.63. The zero-order valence-corrected chi connectivity index (χ0v) is 12.9. The van der Waals surface area contributed by atoms with E-state index in [0.717, 1.165) is 22.3 Å². The van der Waals surface area contributed by atoms with Crippen LogP contribution in [-0.4, -0.2) is 25.2 Å². The Kier molecular flexibility index (Phi) is 5.83. The van der Waals surface area contributed by atoms with Gasteiger partial charge < -0.3 is 14.8 Å². The highest BCUT2D eigenvalue weighted by molar-refractivity contribution is 9.10. The van der Waals surface area contributed by atoms with Crippen molar-refractivity contribution in [3.8, 4) is 11.6 Å². The van der Waals surface area contributed by atoms with E-state index >= 15 is 0 Å². The van der Waals surface area contributed by atoms with E-state index in [1.54, 1.807) is 13.3 Å². The van der Waals surface area contributed by atoms with Crippen LogP contribution in [0, 0.1) is 0 Å². The summed E-state index contributed by atoms with van der Waals surface area (Å²) < 4.78 is 11.9. The third-order valence-corrected chi connectivity index (χ3v) is 3.25. The van der Waals surface area contributed by atoms with Crippen LogP contribution in [0.25, 0.3) is 0 Å². The number of rotatable bonds is 7. The molecule has 2 aromatic rings. The minimum atomic E-state index is 0.615. The van der Waals surface area contributed by atoms with Gasteiger partial charge in [-0.15, -0.1) is 0 Å². The number of pyridine rings is 1. The molecule has 0 spiro atoms. The molecule has 2 rings (SSSR count). The molecule has 1 aromatic carbocycles. The monoisotopic (exact) mass is 336 g/mol. The number of ether oxygens (including phenoxy) is 2. The summed E-state index contributed by atoms with van der Waals surface area (Å²) >= 11 is 3.39. The van der Waals surface area contributed by atoms with E-state index in [1.807, 2.05) is 36.4 Å². The Labute approximate surface area is 127 Å². The Hall–Kier alpha value is -1.59. The lowest BCUT2D eigenvalue weighted by Gasteiger charge is -2.09. The van der Waals surface area contributed by atoms with Crippen LogP contribution < -0.4 is 14.8 Å². The third-order valence-electron chi connectivity index (χ3n) is 2.72. The van der Waals surface area contributed by atoms with Crippen LogP contribution in [0.2, 0.25) is 0 Å². The minimum Gasteiger partial charge on any atom is -0.492 e. The van der Waals surface area contributed by atoms with Gasteiger partial charge in [0.25, 0.3) is 0 Å². The molecule has 0 saturated heterocycles. The summed E-state index contributed by atoms with van der Waals surface area (Å²) in [6.45, 7) is 2.08. The van der Waals surface area contributed by atoms with Crippen molar-refractivity contribution in [2.45, 2.75) is 6.54 Å². The molecule has 0 radical (unpaired) electrons. The van der Waals surface area contributed by atoms with Gasteiger partial charge in [0.1, 0.15) is 12.4 Å². The Morgan fingerprint density at radius 1 is 1.20 bits per heavy atom. The number of aromatic nitrogens is 1. The van der Waals surface area contributed by atoms with E-state index in [4.69, 9.17) is 9.47 Å². The smallest absolute Gasteiger partial charge is 0.217 e. The molecule has 0 aliphatic carbocycles. The summed E-state index contributed by atoms with van der Waals surface area (Å²) in [5.74, 6) is 1.53. The Bertz CT molecular complexity index is 532. The van der Waals surface area contributed by atoms with Gasteiger partial charge in [0, 0.05) is 29.3 Å². The molecule has 0 fully saturated rings. The molecule has 0 aliphatic heterocycles. The van der Waals surface area contributed by atoms with Crippen LogP contribution in [0.15, 0.2) is 47.1 Å². The summed E-state index contributed by atoms with van der Waals surface area (Å²) in [5, 5.41) is 3.30. The van der Waals surface area contributed by atoms with Crippen LogP contribution in [0.5, 0.6) is 11.6 Å². The predicted molar refractivity (Wildman–Crippen MR) is 82.1 cm³/mol. The third kappa shape index (κ3) is 4.51. The normalized spacial score (nSPS) is 10.3. The number of nitrogens with one attached hydrogen (secondary N) is 1. The van der Waals surface area contributed by atoms with Gasteiger partial charge in [-0.1, -0.05) is 22.0 Å². The lowest BCUT2D eigenvalue weighted by molar-refractivity contribution is 0.312. The van der Waals surface area contributed by atoms with E-state index in [1.165, 1.54) is 0 Å². The molecule has 1 N–H and O–H groups in total. The number of methoxy groups -OCH3 is 1. The SMILES string of the molecule is COc1ncccc1CNCCOc1ccc(Br)cc1. The molecule has 4 nitrogen and oxygen atoms in total. The Morgan fingerprint density at radius 3 is 2.75 bits per heavy atom. The average Bonchev–Trinajstić information content (AvgIpc) is 2.49. The van der Waals surface area contributed by atoms with Crippen molar-refractivity contribution in [2.75, 3.05) is 20.3 Å². The highest BCUT2D eigenvalue weighted by atomic mass is 79.9. The topological polar surface area (TPSA) is 43.4 Å². The van der Waals surface area contributed by atoms with Gasteiger partial charge >= 0.3 is 0 Å². The standard InChI is InChI=1S/C15H17BrN2O2/c1-19-15-12(3-2-8-18-15)11-17-9-10-20-14-6-4-13(16)5-7-14/h2-8,17H,9-11H2,1H3. The van der Waals surface area contributed by atoms with Crippen molar-refractivity contribution in [3.63, 3.8) is 0 Å². The number of halogens is 1. The van der Waals surface area contributed by atoms with Crippen molar-refractivity contribution < 1.29 is 9.47 Å². The van der Waals surface area contributed by atoms with Gasteiger partial charge in [0.2, 0.25) is 5.88 Å². The maximum Gasteiger partial charge on any atom is 0.217 e. The van der Waals surface area contributed by atoms with Crippen LogP contribution in [-0.2, 0) is 6.54 Å². The quantitative estimate of drug-likeness (QED) is 0.789. The highest BCUT2D eigenvalue weighted by Gasteiger charge is 2.02. The van der Waals surface area contributed by atoms with E-state index in [0.29, 0.717) is 19.0 Å². The van der Waals surface area contributed by atoms with Crippen LogP contribution in [0.3, 0.4) is 0 Å². The average molecular weight is 337 g/mol. The van der Waals surface area contributed by atoms with E-state index in [9.17, 15) is 0 Å². The Morgan fingerprint density at radius 2 is 2.00 bits per heavy atom. The first-order valence-electron chi connectivity index (χ1n) is 6.36. The molecule has 20 heavy (non-hydrogen) atoms. The molecule has 0 aliphatic rings. The van der Waals surface area contributed by atoms with Gasteiger partial charge in [-0.05, 0) is 30.3 Å². The van der Waals surface area contributed by atoms with Gasteiger partial charge in [0.05, 0.1) is 7.11 Å². The fraction of sp³-hybridized carbons (Fsp3) is 0.267. The molecule has 0 bridgehead atoms. The fourth-order valence-corrected chi connectivity index (χ4v) is 2.00. The summed E-state index contributed by atoms with van der Waals surface area (Å²) in [6.07, 6.45) is 1.72. The molecular formula is C15H17BrN2O2. The lowest BCUT2D eigenvalue weighted by Crippen LogP contribution is -2.21. The zero-order valence-electron chi connectivity index (χ0n) is 11.3. The molecule has 106 valence electrons. The van der Waals surface area contributed by atoms with Crippen molar-refractivity contribution >= 4 is 15.9 Å². The van der Waals surface area contributed by atoms with Crippen molar-refractivity contribution in [1.82, 2.24) is 10.3 Å². The molecule has 0 saturated carbocycles. The van der Waals surface area contributed by atoms with E-state index in [2.05, 4.69) is 26.2 Å². The largest absolute Gasteiger partial charge is 0.492 e. The molecule has 1 heterocycles. The summed E-state index contributed by atoms with van der Waals surface area (Å²) in [6, 6.07) is 11.7. The number of nitrogens with zero attached hydrogens (tertiary/aromatic N) is 1. The van der Waals surface area contributed by atoms with E-state index < -0.39 is 0 Å². The molecule has 5 heteroatoms. The van der Waals surface area contributed by atoms with Gasteiger partial charge in [0.15, 0.2) is 0 Å². The summed E-state index contributed by atoms with van der Waals surface area (Å²) in [5.41, 5.74) is 1.04. The molecular weight excluding hydrogens is 320 g/mol. The highest BCUT2D eigenvalue weighted by Crippen LogP contribution is 2.16. The van der Waals surface area contributed by atoms with Gasteiger partial charge in [-0.25, -0.2) is 4.98 Å². The number of hydrogen-bond acceptors (Lipinski definition) is 4. The lowest BCUT2D eigenvalue weighted by atomic mass is 10.2. The summed E-state index contributed by atoms with van der Waals surface area (Å²) in [7, 11) is 1.63. The number of hydrogen-bond donors (Lipinski definition) is 1. The van der Waals surface area contributed by atoms with Crippen LogP contribution in [0.4, 0.5) is 0 Å². The second-order valence-electron chi connectivity index (χ2n) is 4.15. The summed E-state index contributed by atoms with van der Waals surface area (Å²) in [4.78, 5) is 4.15. The van der Waals surface area contributed by atoms with Crippen molar-refractivity contribution in [2.24, 2.45) is 0 Å². The van der Waals surface area contributed by atoms with Crippen LogP contribution >= 0.6 is 15.9 Å². The molecule has 0 atom stereocenters. The maximum absolute atomic E-state index is 5.63. The molecule has 1 aromatic heterocycles.